The Balaban J connectivity index is 2.49. The van der Waals surface area contributed by atoms with Gasteiger partial charge in [-0.15, -0.1) is 0 Å². The molecule has 1 aromatic carbocycles. The maximum atomic E-state index is 11.4. The Labute approximate surface area is 101 Å². The van der Waals surface area contributed by atoms with Gasteiger partial charge in [0.1, 0.15) is 16.9 Å². The second-order valence-corrected chi connectivity index (χ2v) is 3.50. The van der Waals surface area contributed by atoms with E-state index in [0.717, 1.165) is 0 Å². The first kappa shape index (κ1) is 12.1. The Morgan fingerprint density at radius 3 is 2.83 bits per heavy atom. The molecule has 0 unspecified atom stereocenters. The number of rotatable bonds is 4. The topological polar surface area (TPSA) is 86.0 Å². The van der Waals surface area contributed by atoms with Crippen LogP contribution in [0.25, 0.3) is 11.0 Å². The van der Waals surface area contributed by atoms with Gasteiger partial charge in [0.25, 0.3) is 0 Å². The molecule has 0 aliphatic heterocycles. The lowest BCUT2D eigenvalue weighted by atomic mass is 10.2. The molecule has 0 fully saturated rings. The second-order valence-electron chi connectivity index (χ2n) is 3.50. The van der Waals surface area contributed by atoms with Crippen LogP contribution in [0.4, 0.5) is 0 Å². The van der Waals surface area contributed by atoms with Gasteiger partial charge in [-0.05, 0) is 18.2 Å². The van der Waals surface area contributed by atoms with Gasteiger partial charge in [-0.25, -0.2) is 9.59 Å². The van der Waals surface area contributed by atoms with Crippen molar-refractivity contribution in [3.63, 3.8) is 0 Å². The highest BCUT2D eigenvalue weighted by Crippen LogP contribution is 2.20. The van der Waals surface area contributed by atoms with Crippen molar-refractivity contribution < 1.29 is 23.8 Å². The molecule has 0 aliphatic carbocycles. The standard InChI is InChI=1S/C12H10O6/c1-16-6-17-8-3-2-7-4-9(11(13)14)12(15)18-10(7)5-8/h2-5H,6H2,1H3,(H,13,14). The van der Waals surface area contributed by atoms with Crippen LogP contribution in [-0.4, -0.2) is 25.0 Å². The molecular formula is C12H10O6. The second kappa shape index (κ2) is 4.89. The molecule has 18 heavy (non-hydrogen) atoms. The molecule has 6 nitrogen and oxygen atoms in total. The van der Waals surface area contributed by atoms with E-state index in [2.05, 4.69) is 0 Å². The third-order valence-electron chi connectivity index (χ3n) is 2.28. The van der Waals surface area contributed by atoms with Crippen molar-refractivity contribution in [1.29, 1.82) is 0 Å². The van der Waals surface area contributed by atoms with Crippen LogP contribution in [0, 0.1) is 0 Å². The minimum absolute atomic E-state index is 0.0724. The van der Waals surface area contributed by atoms with Crippen LogP contribution in [0.1, 0.15) is 10.4 Å². The largest absolute Gasteiger partial charge is 0.477 e. The summed E-state index contributed by atoms with van der Waals surface area (Å²) >= 11 is 0. The minimum Gasteiger partial charge on any atom is -0.477 e. The van der Waals surface area contributed by atoms with E-state index in [1.165, 1.54) is 19.2 Å². The summed E-state index contributed by atoms with van der Waals surface area (Å²) in [6, 6.07) is 6.01. The molecule has 0 aliphatic rings. The summed E-state index contributed by atoms with van der Waals surface area (Å²) in [4.78, 5) is 22.2. The molecule has 0 bridgehead atoms. The quantitative estimate of drug-likeness (QED) is 0.653. The van der Waals surface area contributed by atoms with Crippen molar-refractivity contribution in [2.75, 3.05) is 13.9 Å². The van der Waals surface area contributed by atoms with E-state index in [1.807, 2.05) is 0 Å². The minimum atomic E-state index is -1.31. The lowest BCUT2D eigenvalue weighted by molar-refractivity contribution is 0.0512. The molecule has 0 saturated carbocycles. The van der Waals surface area contributed by atoms with E-state index in [1.54, 1.807) is 12.1 Å². The van der Waals surface area contributed by atoms with Crippen LogP contribution >= 0.6 is 0 Å². The van der Waals surface area contributed by atoms with Crippen molar-refractivity contribution >= 4 is 16.9 Å². The van der Waals surface area contributed by atoms with Gasteiger partial charge in [-0.3, -0.25) is 0 Å². The average molecular weight is 250 g/mol. The Kier molecular flexibility index (Phi) is 3.29. The molecule has 6 heteroatoms. The van der Waals surface area contributed by atoms with Crippen molar-refractivity contribution in [2.45, 2.75) is 0 Å². The van der Waals surface area contributed by atoms with E-state index in [4.69, 9.17) is 19.0 Å². The summed E-state index contributed by atoms with van der Waals surface area (Å²) in [5.41, 5.74) is -1.02. The predicted molar refractivity (Wildman–Crippen MR) is 61.9 cm³/mol. The molecule has 2 aromatic rings. The number of carboxylic acid groups (broad SMARTS) is 1. The summed E-state index contributed by atoms with van der Waals surface area (Å²) in [5, 5.41) is 9.31. The van der Waals surface area contributed by atoms with Gasteiger partial charge in [0.05, 0.1) is 0 Å². The van der Waals surface area contributed by atoms with E-state index >= 15 is 0 Å². The third kappa shape index (κ3) is 2.33. The molecule has 2 rings (SSSR count). The number of methoxy groups -OCH3 is 1. The molecular weight excluding hydrogens is 240 g/mol. The van der Waals surface area contributed by atoms with E-state index < -0.39 is 17.2 Å². The zero-order valence-electron chi connectivity index (χ0n) is 9.50. The summed E-state index contributed by atoms with van der Waals surface area (Å²) < 4.78 is 14.8. The summed E-state index contributed by atoms with van der Waals surface area (Å²) in [6.45, 7) is 0.0724. The van der Waals surface area contributed by atoms with Gasteiger partial charge in [0.2, 0.25) is 0 Å². The zero-order valence-corrected chi connectivity index (χ0v) is 9.50. The lowest BCUT2D eigenvalue weighted by Crippen LogP contribution is -2.12. The first-order chi connectivity index (χ1) is 8.61. The molecule has 0 saturated heterocycles. The fraction of sp³-hybridized carbons (Fsp3) is 0.167. The highest BCUT2D eigenvalue weighted by atomic mass is 16.7. The van der Waals surface area contributed by atoms with Gasteiger partial charge >= 0.3 is 11.6 Å². The predicted octanol–water partition coefficient (Wildman–Crippen LogP) is 1.47. The van der Waals surface area contributed by atoms with Crippen molar-refractivity contribution in [3.8, 4) is 5.75 Å². The van der Waals surface area contributed by atoms with Crippen molar-refractivity contribution in [2.24, 2.45) is 0 Å². The van der Waals surface area contributed by atoms with Crippen LogP contribution in [0.15, 0.2) is 33.5 Å². The van der Waals surface area contributed by atoms with Crippen LogP contribution in [0.3, 0.4) is 0 Å². The highest BCUT2D eigenvalue weighted by Gasteiger charge is 2.12. The Hall–Kier alpha value is -2.34. The number of carbonyl (C=O) groups is 1. The number of carboxylic acids is 1. The molecule has 1 aromatic heterocycles. The van der Waals surface area contributed by atoms with E-state index in [0.29, 0.717) is 11.1 Å². The van der Waals surface area contributed by atoms with Gasteiger partial charge in [-0.2, -0.15) is 0 Å². The van der Waals surface area contributed by atoms with Crippen LogP contribution in [0.2, 0.25) is 0 Å². The molecule has 1 heterocycles. The summed E-state index contributed by atoms with van der Waals surface area (Å²) in [5.74, 6) is -0.846. The highest BCUT2D eigenvalue weighted by molar-refractivity contribution is 5.91. The maximum Gasteiger partial charge on any atom is 0.351 e. The smallest absolute Gasteiger partial charge is 0.351 e. The number of aromatic carboxylic acids is 1. The lowest BCUT2D eigenvalue weighted by Gasteiger charge is -2.05. The number of benzene rings is 1. The Morgan fingerprint density at radius 2 is 2.17 bits per heavy atom. The van der Waals surface area contributed by atoms with Gasteiger partial charge < -0.3 is 19.0 Å². The average Bonchev–Trinajstić information content (AvgIpc) is 2.34. The van der Waals surface area contributed by atoms with E-state index in [-0.39, 0.29) is 12.4 Å². The van der Waals surface area contributed by atoms with Crippen LogP contribution in [0.5, 0.6) is 5.75 Å². The summed E-state index contributed by atoms with van der Waals surface area (Å²) in [7, 11) is 1.49. The molecule has 0 atom stereocenters. The van der Waals surface area contributed by atoms with E-state index in [9.17, 15) is 9.59 Å². The number of hydrogen-bond acceptors (Lipinski definition) is 5. The van der Waals surface area contributed by atoms with Crippen LogP contribution in [-0.2, 0) is 4.74 Å². The molecule has 0 spiro atoms. The van der Waals surface area contributed by atoms with Crippen molar-refractivity contribution in [1.82, 2.24) is 0 Å². The Bertz CT molecular complexity index is 643. The fourth-order valence-corrected chi connectivity index (χ4v) is 1.46. The first-order valence-corrected chi connectivity index (χ1v) is 5.05. The zero-order chi connectivity index (χ0) is 13.1. The van der Waals surface area contributed by atoms with Gasteiger partial charge in [0.15, 0.2) is 6.79 Å². The summed E-state index contributed by atoms with van der Waals surface area (Å²) in [6.07, 6.45) is 0. The Morgan fingerprint density at radius 1 is 1.39 bits per heavy atom. The normalized spacial score (nSPS) is 10.5. The number of hydrogen-bond donors (Lipinski definition) is 1. The van der Waals surface area contributed by atoms with Gasteiger partial charge in [-0.1, -0.05) is 0 Å². The third-order valence-corrected chi connectivity index (χ3v) is 2.28. The maximum absolute atomic E-state index is 11.4. The molecule has 1 N–H and O–H groups in total. The van der Waals surface area contributed by atoms with Crippen LogP contribution < -0.4 is 10.4 Å². The fourth-order valence-electron chi connectivity index (χ4n) is 1.46. The number of fused-ring (bicyclic) bond motifs is 1. The molecule has 0 amide bonds. The number of ether oxygens (including phenoxy) is 2. The molecule has 94 valence electrons. The van der Waals surface area contributed by atoms with Crippen molar-refractivity contribution in [3.05, 3.63) is 40.2 Å². The van der Waals surface area contributed by atoms with Gasteiger partial charge in [0, 0.05) is 18.6 Å². The molecule has 0 radical (unpaired) electrons. The first-order valence-electron chi connectivity index (χ1n) is 5.05. The monoisotopic (exact) mass is 250 g/mol. The SMILES string of the molecule is COCOc1ccc2cc(C(=O)O)c(=O)oc2c1.